The van der Waals surface area contributed by atoms with Crippen LogP contribution in [0.5, 0.6) is 0 Å². The van der Waals surface area contributed by atoms with Crippen molar-refractivity contribution in [1.29, 1.82) is 0 Å². The molecule has 1 fully saturated rings. The largest absolute Gasteiger partial charge is 0.448 e. The van der Waals surface area contributed by atoms with Gasteiger partial charge in [0.2, 0.25) is 0 Å². The SMILES string of the molecule is CN1CCC(c2nc(C(=O)Nc3cc4cc(-c5cn(C)nn5)ccc4cn3)co2)CC1. The fraction of sp³-hybridized carbons (Fsp3) is 0.318. The van der Waals surface area contributed by atoms with Crippen LogP contribution in [0.25, 0.3) is 22.0 Å². The molecule has 0 spiro atoms. The maximum absolute atomic E-state index is 12.7. The molecule has 3 aromatic heterocycles. The zero-order valence-electron chi connectivity index (χ0n) is 17.4. The lowest BCUT2D eigenvalue weighted by Crippen LogP contribution is -2.29. The van der Waals surface area contributed by atoms with Gasteiger partial charge in [-0.3, -0.25) is 9.48 Å². The highest BCUT2D eigenvalue weighted by molar-refractivity contribution is 6.03. The van der Waals surface area contributed by atoms with Crippen molar-refractivity contribution in [3.63, 3.8) is 0 Å². The van der Waals surface area contributed by atoms with Gasteiger partial charge in [0, 0.05) is 30.1 Å². The minimum atomic E-state index is -0.333. The highest BCUT2D eigenvalue weighted by atomic mass is 16.3. The highest BCUT2D eigenvalue weighted by Gasteiger charge is 2.24. The number of fused-ring (bicyclic) bond motifs is 1. The molecular weight excluding hydrogens is 394 g/mol. The minimum absolute atomic E-state index is 0.260. The van der Waals surface area contributed by atoms with Crippen molar-refractivity contribution in [2.24, 2.45) is 7.05 Å². The van der Waals surface area contributed by atoms with Crippen LogP contribution in [0.3, 0.4) is 0 Å². The molecule has 1 amide bonds. The Morgan fingerprint density at radius 1 is 1.16 bits per heavy atom. The fourth-order valence-electron chi connectivity index (χ4n) is 3.86. The fourth-order valence-corrected chi connectivity index (χ4v) is 3.86. The van der Waals surface area contributed by atoms with Gasteiger partial charge in [0.15, 0.2) is 11.6 Å². The third-order valence-electron chi connectivity index (χ3n) is 5.68. The third kappa shape index (κ3) is 4.04. The maximum Gasteiger partial charge on any atom is 0.278 e. The number of pyridine rings is 1. The number of hydrogen-bond acceptors (Lipinski definition) is 7. The van der Waals surface area contributed by atoms with E-state index in [1.807, 2.05) is 37.5 Å². The van der Waals surface area contributed by atoms with Crippen molar-refractivity contribution < 1.29 is 9.21 Å². The Hall–Kier alpha value is -3.59. The number of nitrogens with zero attached hydrogens (tertiary/aromatic N) is 6. The molecule has 0 aliphatic carbocycles. The summed E-state index contributed by atoms with van der Waals surface area (Å²) in [5, 5.41) is 12.9. The second-order valence-electron chi connectivity index (χ2n) is 8.01. The standard InChI is InChI=1S/C22H23N7O2/c1-28-7-5-14(6-8-28)22-24-19(13-31-22)21(30)25-20-10-17-9-15(3-4-16(17)11-23-20)18-12-29(2)27-26-18/h3-4,9-14H,5-8H2,1-2H3,(H,23,25,30). The summed E-state index contributed by atoms with van der Waals surface area (Å²) >= 11 is 0. The number of nitrogens with one attached hydrogen (secondary N) is 1. The molecule has 1 aliphatic rings. The van der Waals surface area contributed by atoms with Crippen LogP contribution < -0.4 is 5.32 Å². The van der Waals surface area contributed by atoms with Crippen molar-refractivity contribution in [3.8, 4) is 11.3 Å². The van der Waals surface area contributed by atoms with E-state index in [2.05, 4.69) is 37.5 Å². The quantitative estimate of drug-likeness (QED) is 0.544. The maximum atomic E-state index is 12.7. The molecule has 5 rings (SSSR count). The van der Waals surface area contributed by atoms with Crippen LogP contribution in [0, 0.1) is 0 Å². The summed E-state index contributed by atoms with van der Waals surface area (Å²) in [4.78, 5) is 23.8. The molecule has 4 aromatic rings. The molecule has 1 saturated heterocycles. The Kier molecular flexibility index (Phi) is 4.95. The van der Waals surface area contributed by atoms with Gasteiger partial charge in [0.25, 0.3) is 5.91 Å². The van der Waals surface area contributed by atoms with Gasteiger partial charge in [0.05, 0.1) is 6.20 Å². The second-order valence-corrected chi connectivity index (χ2v) is 8.01. The van der Waals surface area contributed by atoms with Gasteiger partial charge in [-0.1, -0.05) is 17.3 Å². The van der Waals surface area contributed by atoms with Crippen molar-refractivity contribution in [3.05, 3.63) is 54.5 Å². The Labute approximate surface area is 179 Å². The summed E-state index contributed by atoms with van der Waals surface area (Å²) in [5.74, 6) is 1.02. The number of anilines is 1. The molecule has 9 nitrogen and oxygen atoms in total. The van der Waals surface area contributed by atoms with Gasteiger partial charge in [-0.15, -0.1) is 5.10 Å². The third-order valence-corrected chi connectivity index (χ3v) is 5.68. The number of carbonyl (C=O) groups is 1. The smallest absolute Gasteiger partial charge is 0.278 e. The molecule has 1 aromatic carbocycles. The van der Waals surface area contributed by atoms with Crippen LogP contribution >= 0.6 is 0 Å². The van der Waals surface area contributed by atoms with Gasteiger partial charge >= 0.3 is 0 Å². The first-order valence-corrected chi connectivity index (χ1v) is 10.3. The number of rotatable bonds is 4. The molecule has 158 valence electrons. The number of likely N-dealkylation sites (tertiary alicyclic amines) is 1. The van der Waals surface area contributed by atoms with E-state index in [0.717, 1.165) is 48.0 Å². The average molecular weight is 417 g/mol. The summed E-state index contributed by atoms with van der Waals surface area (Å²) in [6.07, 6.45) is 6.99. The number of oxazole rings is 1. The Balaban J connectivity index is 1.33. The van der Waals surface area contributed by atoms with E-state index in [-0.39, 0.29) is 17.5 Å². The van der Waals surface area contributed by atoms with Crippen molar-refractivity contribution in [2.75, 3.05) is 25.5 Å². The van der Waals surface area contributed by atoms with Crippen LogP contribution in [0.4, 0.5) is 5.82 Å². The lowest BCUT2D eigenvalue weighted by molar-refractivity contribution is 0.102. The highest BCUT2D eigenvalue weighted by Crippen LogP contribution is 2.27. The predicted octanol–water partition coefficient (Wildman–Crippen LogP) is 3.08. The van der Waals surface area contributed by atoms with Gasteiger partial charge in [-0.05, 0) is 50.5 Å². The van der Waals surface area contributed by atoms with Gasteiger partial charge in [-0.2, -0.15) is 0 Å². The molecular formula is C22H23N7O2. The number of hydrogen-bond donors (Lipinski definition) is 1. The molecule has 9 heteroatoms. The van der Waals surface area contributed by atoms with E-state index in [4.69, 9.17) is 4.42 Å². The molecule has 0 bridgehead atoms. The Morgan fingerprint density at radius 2 is 2.00 bits per heavy atom. The van der Waals surface area contributed by atoms with Crippen LogP contribution in [0.1, 0.15) is 35.1 Å². The summed E-state index contributed by atoms with van der Waals surface area (Å²) in [5.41, 5.74) is 2.00. The normalized spacial score (nSPS) is 15.4. The monoisotopic (exact) mass is 417 g/mol. The van der Waals surface area contributed by atoms with Crippen molar-refractivity contribution in [1.82, 2.24) is 29.9 Å². The average Bonchev–Trinajstić information content (AvgIpc) is 3.43. The number of piperidine rings is 1. The Bertz CT molecular complexity index is 1240. The first-order valence-electron chi connectivity index (χ1n) is 10.3. The second kappa shape index (κ2) is 7.92. The molecule has 0 unspecified atom stereocenters. The number of benzene rings is 1. The molecule has 0 atom stereocenters. The molecule has 1 N–H and O–H groups in total. The molecule has 1 aliphatic heterocycles. The molecule has 0 saturated carbocycles. The zero-order chi connectivity index (χ0) is 21.4. The van der Waals surface area contributed by atoms with Crippen molar-refractivity contribution >= 4 is 22.5 Å². The summed E-state index contributed by atoms with van der Waals surface area (Å²) < 4.78 is 7.27. The number of carbonyl (C=O) groups excluding carboxylic acids is 1. The zero-order valence-corrected chi connectivity index (χ0v) is 17.4. The Morgan fingerprint density at radius 3 is 2.77 bits per heavy atom. The number of aromatic nitrogens is 5. The molecule has 4 heterocycles. The van der Waals surface area contributed by atoms with E-state index >= 15 is 0 Å². The first-order chi connectivity index (χ1) is 15.0. The van der Waals surface area contributed by atoms with Gasteiger partial charge in [0.1, 0.15) is 17.8 Å². The van der Waals surface area contributed by atoms with E-state index < -0.39 is 0 Å². The first kappa shape index (κ1) is 19.4. The lowest BCUT2D eigenvalue weighted by atomic mass is 9.97. The van der Waals surface area contributed by atoms with Crippen LogP contribution in [-0.2, 0) is 7.05 Å². The van der Waals surface area contributed by atoms with Crippen molar-refractivity contribution in [2.45, 2.75) is 18.8 Å². The van der Waals surface area contributed by atoms with E-state index in [1.165, 1.54) is 6.26 Å². The molecule has 0 radical (unpaired) electrons. The number of aryl methyl sites for hydroxylation is 1. The summed E-state index contributed by atoms with van der Waals surface area (Å²) in [6.45, 7) is 2.01. The van der Waals surface area contributed by atoms with Crippen LogP contribution in [0.2, 0.25) is 0 Å². The molecule has 31 heavy (non-hydrogen) atoms. The lowest BCUT2D eigenvalue weighted by Gasteiger charge is -2.26. The minimum Gasteiger partial charge on any atom is -0.448 e. The van der Waals surface area contributed by atoms with Crippen LogP contribution in [-0.4, -0.2) is 55.9 Å². The van der Waals surface area contributed by atoms with Gasteiger partial charge in [-0.25, -0.2) is 9.97 Å². The summed E-state index contributed by atoms with van der Waals surface area (Å²) in [7, 11) is 3.94. The van der Waals surface area contributed by atoms with E-state index in [1.54, 1.807) is 10.9 Å². The van der Waals surface area contributed by atoms with Crippen LogP contribution in [0.15, 0.2) is 47.3 Å². The van der Waals surface area contributed by atoms with Gasteiger partial charge < -0.3 is 14.6 Å². The topological polar surface area (TPSA) is 102 Å². The number of amides is 1. The summed E-state index contributed by atoms with van der Waals surface area (Å²) in [6, 6.07) is 7.80. The van der Waals surface area contributed by atoms with E-state index in [0.29, 0.717) is 11.7 Å². The van der Waals surface area contributed by atoms with E-state index in [9.17, 15) is 4.79 Å². The predicted molar refractivity (Wildman–Crippen MR) is 116 cm³/mol.